The summed E-state index contributed by atoms with van der Waals surface area (Å²) in [5, 5.41) is 10.0. The lowest BCUT2D eigenvalue weighted by molar-refractivity contribution is 0.0333. The van der Waals surface area contributed by atoms with Crippen LogP contribution in [0.2, 0.25) is 0 Å². The maximum Gasteiger partial charge on any atom is 0.240 e. The van der Waals surface area contributed by atoms with Gasteiger partial charge in [0, 0.05) is 19.1 Å². The van der Waals surface area contributed by atoms with Gasteiger partial charge in [-0.3, -0.25) is 4.90 Å². The molecule has 0 heterocycles. The van der Waals surface area contributed by atoms with Crippen molar-refractivity contribution in [3.8, 4) is 0 Å². The maximum absolute atomic E-state index is 12.2. The third kappa shape index (κ3) is 4.52. The molecule has 0 spiro atoms. The Morgan fingerprint density at radius 1 is 1.23 bits per heavy atom. The smallest absolute Gasteiger partial charge is 0.240 e. The molecule has 2 unspecified atom stereocenters. The molecule has 0 saturated heterocycles. The molecule has 1 aliphatic carbocycles. The summed E-state index contributed by atoms with van der Waals surface area (Å²) in [5.41, 5.74) is 1.03. The van der Waals surface area contributed by atoms with E-state index in [9.17, 15) is 13.5 Å². The SMILES string of the molecule is Cc1ccc(S(=O)(=O)NCCN(C)C2CCCCC2O)cc1. The number of nitrogens with zero attached hydrogens (tertiary/aromatic N) is 1. The van der Waals surface area contributed by atoms with Gasteiger partial charge >= 0.3 is 0 Å². The van der Waals surface area contributed by atoms with Crippen LogP contribution in [0.25, 0.3) is 0 Å². The van der Waals surface area contributed by atoms with E-state index in [1.165, 1.54) is 0 Å². The Labute approximate surface area is 133 Å². The Balaban J connectivity index is 1.85. The summed E-state index contributed by atoms with van der Waals surface area (Å²) in [5.74, 6) is 0. The fourth-order valence-electron chi connectivity index (χ4n) is 2.93. The fraction of sp³-hybridized carbons (Fsp3) is 0.625. The first-order chi connectivity index (χ1) is 10.4. The summed E-state index contributed by atoms with van der Waals surface area (Å²) in [6.07, 6.45) is 3.71. The number of likely N-dealkylation sites (N-methyl/N-ethyl adjacent to an activating group) is 1. The van der Waals surface area contributed by atoms with Crippen molar-refractivity contribution in [3.05, 3.63) is 29.8 Å². The van der Waals surface area contributed by atoms with E-state index in [2.05, 4.69) is 9.62 Å². The highest BCUT2D eigenvalue weighted by molar-refractivity contribution is 7.89. The monoisotopic (exact) mass is 326 g/mol. The molecule has 1 saturated carbocycles. The molecule has 2 N–H and O–H groups in total. The molecular weight excluding hydrogens is 300 g/mol. The van der Waals surface area contributed by atoms with Crippen LogP contribution in [0.1, 0.15) is 31.2 Å². The lowest BCUT2D eigenvalue weighted by Gasteiger charge is -2.35. The number of hydrogen-bond acceptors (Lipinski definition) is 4. The summed E-state index contributed by atoms with van der Waals surface area (Å²) in [4.78, 5) is 2.35. The Bertz CT molecular complexity index is 572. The normalized spacial score (nSPS) is 22.9. The average molecular weight is 326 g/mol. The van der Waals surface area contributed by atoms with Crippen LogP contribution < -0.4 is 4.72 Å². The van der Waals surface area contributed by atoms with Gasteiger partial charge in [-0.05, 0) is 38.9 Å². The minimum atomic E-state index is -3.46. The Hall–Kier alpha value is -0.950. The van der Waals surface area contributed by atoms with Crippen molar-refractivity contribution in [2.45, 2.75) is 49.6 Å². The zero-order chi connectivity index (χ0) is 16.2. The molecule has 0 radical (unpaired) electrons. The largest absolute Gasteiger partial charge is 0.391 e. The van der Waals surface area contributed by atoms with Crippen molar-refractivity contribution >= 4 is 10.0 Å². The third-order valence-electron chi connectivity index (χ3n) is 4.35. The van der Waals surface area contributed by atoms with E-state index in [-0.39, 0.29) is 12.1 Å². The molecule has 0 amide bonds. The van der Waals surface area contributed by atoms with Gasteiger partial charge in [0.15, 0.2) is 0 Å². The van der Waals surface area contributed by atoms with E-state index in [4.69, 9.17) is 0 Å². The molecule has 1 fully saturated rings. The van der Waals surface area contributed by atoms with Gasteiger partial charge in [-0.1, -0.05) is 30.5 Å². The maximum atomic E-state index is 12.2. The molecule has 2 atom stereocenters. The van der Waals surface area contributed by atoms with Crippen LogP contribution in [0.4, 0.5) is 0 Å². The highest BCUT2D eigenvalue weighted by Gasteiger charge is 2.26. The molecule has 124 valence electrons. The van der Waals surface area contributed by atoms with Crippen LogP contribution in [0.3, 0.4) is 0 Å². The zero-order valence-corrected chi connectivity index (χ0v) is 14.1. The highest BCUT2D eigenvalue weighted by Crippen LogP contribution is 2.22. The van der Waals surface area contributed by atoms with E-state index in [1.807, 2.05) is 14.0 Å². The Morgan fingerprint density at radius 2 is 1.86 bits per heavy atom. The van der Waals surface area contributed by atoms with Gasteiger partial charge in [0.2, 0.25) is 10.0 Å². The van der Waals surface area contributed by atoms with E-state index in [1.54, 1.807) is 24.3 Å². The molecule has 5 nitrogen and oxygen atoms in total. The van der Waals surface area contributed by atoms with E-state index in [0.717, 1.165) is 31.2 Å². The first kappa shape index (κ1) is 17.4. The van der Waals surface area contributed by atoms with E-state index < -0.39 is 10.0 Å². The quantitative estimate of drug-likeness (QED) is 0.831. The van der Waals surface area contributed by atoms with Crippen LogP contribution in [-0.2, 0) is 10.0 Å². The van der Waals surface area contributed by atoms with Gasteiger partial charge in [-0.15, -0.1) is 0 Å². The minimum Gasteiger partial charge on any atom is -0.391 e. The van der Waals surface area contributed by atoms with Gasteiger partial charge in [-0.25, -0.2) is 13.1 Å². The predicted octanol–water partition coefficient (Wildman–Crippen LogP) is 1.51. The number of benzene rings is 1. The molecule has 0 bridgehead atoms. The van der Waals surface area contributed by atoms with Crippen molar-refractivity contribution in [1.29, 1.82) is 0 Å². The second-order valence-corrected chi connectivity index (χ2v) is 7.88. The average Bonchev–Trinajstić information content (AvgIpc) is 2.48. The molecule has 1 aromatic carbocycles. The molecular formula is C16H26N2O3S. The number of aryl methyl sites for hydroxylation is 1. The van der Waals surface area contributed by atoms with Crippen molar-refractivity contribution in [3.63, 3.8) is 0 Å². The van der Waals surface area contributed by atoms with Gasteiger partial charge in [0.1, 0.15) is 0 Å². The lowest BCUT2D eigenvalue weighted by Crippen LogP contribution is -2.46. The predicted molar refractivity (Wildman–Crippen MR) is 87.3 cm³/mol. The van der Waals surface area contributed by atoms with Gasteiger partial charge in [-0.2, -0.15) is 0 Å². The second kappa shape index (κ2) is 7.55. The second-order valence-electron chi connectivity index (χ2n) is 6.11. The molecule has 6 heteroatoms. The lowest BCUT2D eigenvalue weighted by atomic mass is 9.92. The number of rotatable bonds is 6. The fourth-order valence-corrected chi connectivity index (χ4v) is 3.95. The Kier molecular flexibility index (Phi) is 5.97. The topological polar surface area (TPSA) is 69.6 Å². The first-order valence-corrected chi connectivity index (χ1v) is 9.33. The summed E-state index contributed by atoms with van der Waals surface area (Å²) in [6, 6.07) is 6.95. The van der Waals surface area contributed by atoms with Crippen LogP contribution >= 0.6 is 0 Å². The molecule has 2 rings (SSSR count). The minimum absolute atomic E-state index is 0.137. The number of aliphatic hydroxyl groups excluding tert-OH is 1. The summed E-state index contributed by atoms with van der Waals surface area (Å²) in [7, 11) is -1.51. The molecule has 1 aliphatic rings. The van der Waals surface area contributed by atoms with Crippen molar-refractivity contribution in [1.82, 2.24) is 9.62 Å². The summed E-state index contributed by atoms with van der Waals surface area (Å²) in [6.45, 7) is 2.86. The van der Waals surface area contributed by atoms with Crippen molar-refractivity contribution in [2.75, 3.05) is 20.1 Å². The molecule has 0 aromatic heterocycles. The number of aliphatic hydroxyl groups is 1. The van der Waals surface area contributed by atoms with Gasteiger partial charge < -0.3 is 5.11 Å². The van der Waals surface area contributed by atoms with Crippen LogP contribution in [0.15, 0.2) is 29.2 Å². The zero-order valence-electron chi connectivity index (χ0n) is 13.3. The first-order valence-electron chi connectivity index (χ1n) is 7.85. The van der Waals surface area contributed by atoms with Crippen LogP contribution in [0, 0.1) is 6.92 Å². The van der Waals surface area contributed by atoms with Crippen molar-refractivity contribution < 1.29 is 13.5 Å². The van der Waals surface area contributed by atoms with Gasteiger partial charge in [0.05, 0.1) is 11.0 Å². The standard InChI is InChI=1S/C16H26N2O3S/c1-13-7-9-14(10-8-13)22(20,21)17-11-12-18(2)15-5-3-4-6-16(15)19/h7-10,15-17,19H,3-6,11-12H2,1-2H3. The van der Waals surface area contributed by atoms with Crippen molar-refractivity contribution in [2.24, 2.45) is 0 Å². The molecule has 22 heavy (non-hydrogen) atoms. The van der Waals surface area contributed by atoms with E-state index in [0.29, 0.717) is 18.0 Å². The molecule has 0 aliphatic heterocycles. The summed E-state index contributed by atoms with van der Waals surface area (Å²) >= 11 is 0. The highest BCUT2D eigenvalue weighted by atomic mass is 32.2. The number of hydrogen-bond donors (Lipinski definition) is 2. The van der Waals surface area contributed by atoms with Crippen LogP contribution in [-0.4, -0.2) is 50.7 Å². The molecule has 1 aromatic rings. The third-order valence-corrected chi connectivity index (χ3v) is 5.82. The number of sulfonamides is 1. The van der Waals surface area contributed by atoms with Crippen LogP contribution in [0.5, 0.6) is 0 Å². The number of nitrogens with one attached hydrogen (secondary N) is 1. The summed E-state index contributed by atoms with van der Waals surface area (Å²) < 4.78 is 27.0. The van der Waals surface area contributed by atoms with Gasteiger partial charge in [0.25, 0.3) is 0 Å². The Morgan fingerprint density at radius 3 is 2.50 bits per heavy atom. The van der Waals surface area contributed by atoms with E-state index >= 15 is 0 Å².